The van der Waals surface area contributed by atoms with Crippen molar-refractivity contribution in [1.82, 2.24) is 14.9 Å². The number of nitrogens with zero attached hydrogens (tertiary/aromatic N) is 4. The van der Waals surface area contributed by atoms with Crippen molar-refractivity contribution in [3.05, 3.63) is 88.6 Å². The van der Waals surface area contributed by atoms with Gasteiger partial charge in [0.05, 0.1) is 16.8 Å². The van der Waals surface area contributed by atoms with Crippen LogP contribution in [0.5, 0.6) is 0 Å². The number of thiazole rings is 1. The first kappa shape index (κ1) is 21.1. The molecule has 0 saturated carbocycles. The minimum Gasteiger partial charge on any atom is -0.346 e. The second-order valence-electron chi connectivity index (χ2n) is 8.86. The van der Waals surface area contributed by atoms with Crippen LogP contribution in [0.1, 0.15) is 40.0 Å². The van der Waals surface area contributed by atoms with Crippen molar-refractivity contribution in [3.63, 3.8) is 0 Å². The predicted octanol–water partition coefficient (Wildman–Crippen LogP) is 5.53. The van der Waals surface area contributed by atoms with Gasteiger partial charge < -0.3 is 9.80 Å². The molecule has 5 nitrogen and oxygen atoms in total. The molecule has 6 rings (SSSR count). The van der Waals surface area contributed by atoms with Crippen molar-refractivity contribution < 1.29 is 4.79 Å². The Balaban J connectivity index is 1.38. The smallest absolute Gasteiger partial charge is 0.254 e. The van der Waals surface area contributed by atoms with Gasteiger partial charge in [0.15, 0.2) is 5.13 Å². The average Bonchev–Trinajstić information content (AvgIpc) is 3.48. The van der Waals surface area contributed by atoms with E-state index >= 15 is 0 Å². The first-order chi connectivity index (χ1) is 16.8. The van der Waals surface area contributed by atoms with Crippen molar-refractivity contribution in [3.8, 4) is 0 Å². The van der Waals surface area contributed by atoms with Crippen LogP contribution in [0.25, 0.3) is 22.6 Å². The molecule has 2 aliphatic rings. The van der Waals surface area contributed by atoms with Crippen molar-refractivity contribution in [1.29, 1.82) is 0 Å². The zero-order chi connectivity index (χ0) is 22.9. The summed E-state index contributed by atoms with van der Waals surface area (Å²) in [4.78, 5) is 27.9. The Hall–Kier alpha value is -3.51. The molecule has 34 heavy (non-hydrogen) atoms. The Labute approximate surface area is 203 Å². The van der Waals surface area contributed by atoms with Crippen molar-refractivity contribution in [2.75, 3.05) is 31.1 Å². The van der Waals surface area contributed by atoms with Crippen LogP contribution in [-0.2, 0) is 6.42 Å². The summed E-state index contributed by atoms with van der Waals surface area (Å²) in [5, 5.41) is 4.02. The third kappa shape index (κ3) is 3.88. The fourth-order valence-electron chi connectivity index (χ4n) is 5.12. The minimum atomic E-state index is 0.136. The fraction of sp³-hybridized carbons (Fsp3) is 0.250. The van der Waals surface area contributed by atoms with Crippen LogP contribution >= 0.6 is 11.3 Å². The average molecular weight is 467 g/mol. The lowest BCUT2D eigenvalue weighted by Crippen LogP contribution is -2.36. The minimum absolute atomic E-state index is 0.136. The quantitative estimate of drug-likeness (QED) is 0.398. The summed E-state index contributed by atoms with van der Waals surface area (Å²) in [5.41, 5.74) is 6.22. The molecule has 6 heteroatoms. The second-order valence-corrected chi connectivity index (χ2v) is 9.73. The van der Waals surface area contributed by atoms with Crippen LogP contribution in [0.15, 0.2) is 66.2 Å². The molecule has 0 unspecified atom stereocenters. The Morgan fingerprint density at radius 2 is 1.79 bits per heavy atom. The first-order valence-electron chi connectivity index (χ1n) is 11.9. The molecule has 1 aliphatic carbocycles. The van der Waals surface area contributed by atoms with Crippen LogP contribution in [0.4, 0.5) is 5.13 Å². The van der Waals surface area contributed by atoms with E-state index in [1.807, 2.05) is 40.7 Å². The summed E-state index contributed by atoms with van der Waals surface area (Å²) in [6.45, 7) is 3.20. The molecule has 1 aliphatic heterocycles. The van der Waals surface area contributed by atoms with Crippen LogP contribution in [-0.4, -0.2) is 47.0 Å². The maximum Gasteiger partial charge on any atom is 0.254 e. The number of anilines is 1. The van der Waals surface area contributed by atoms with Gasteiger partial charge in [-0.15, -0.1) is 11.3 Å². The lowest BCUT2D eigenvalue weighted by atomic mass is 9.99. The van der Waals surface area contributed by atoms with Crippen LogP contribution in [0, 0.1) is 0 Å². The van der Waals surface area contributed by atoms with E-state index in [1.54, 1.807) is 11.3 Å². The molecule has 3 heterocycles. The lowest BCUT2D eigenvalue weighted by Gasteiger charge is -2.23. The van der Waals surface area contributed by atoms with E-state index in [4.69, 9.17) is 4.98 Å². The number of carbonyl (C=O) groups is 1. The van der Waals surface area contributed by atoms with Crippen molar-refractivity contribution in [2.45, 2.75) is 19.3 Å². The Bertz CT molecular complexity index is 1360. The molecule has 170 valence electrons. The molecule has 0 atom stereocenters. The van der Waals surface area contributed by atoms with E-state index in [0.29, 0.717) is 6.54 Å². The highest BCUT2D eigenvalue weighted by Crippen LogP contribution is 2.38. The van der Waals surface area contributed by atoms with Gasteiger partial charge in [0.25, 0.3) is 5.91 Å². The second kappa shape index (κ2) is 9.03. The number of hydrogen-bond donors (Lipinski definition) is 0. The molecular formula is C28H26N4OS. The normalized spacial score (nSPS) is 17.2. The predicted molar refractivity (Wildman–Crippen MR) is 139 cm³/mol. The SMILES string of the molecule is O=C(c1c2c(nc3ccccc13)/C(=C\c1ccccc1)CC2)N1CCCN(c2nccs2)CC1. The van der Waals surface area contributed by atoms with Gasteiger partial charge in [-0.2, -0.15) is 0 Å². The van der Waals surface area contributed by atoms with Crippen LogP contribution in [0.2, 0.25) is 0 Å². The molecule has 0 radical (unpaired) electrons. The zero-order valence-electron chi connectivity index (χ0n) is 19.0. The molecule has 2 aromatic heterocycles. The Morgan fingerprint density at radius 3 is 2.65 bits per heavy atom. The van der Waals surface area contributed by atoms with Gasteiger partial charge in [-0.25, -0.2) is 9.97 Å². The van der Waals surface area contributed by atoms with Gasteiger partial charge in [-0.3, -0.25) is 4.79 Å². The molecule has 0 bridgehead atoms. The number of benzene rings is 2. The van der Waals surface area contributed by atoms with Crippen LogP contribution in [0.3, 0.4) is 0 Å². The number of allylic oxidation sites excluding steroid dienone is 1. The number of hydrogen-bond acceptors (Lipinski definition) is 5. The number of amides is 1. The molecule has 1 saturated heterocycles. The van der Waals surface area contributed by atoms with Gasteiger partial charge in [0.1, 0.15) is 0 Å². The topological polar surface area (TPSA) is 49.3 Å². The van der Waals surface area contributed by atoms with Gasteiger partial charge in [-0.1, -0.05) is 48.5 Å². The first-order valence-corrected chi connectivity index (χ1v) is 12.8. The van der Waals surface area contributed by atoms with E-state index in [9.17, 15) is 4.79 Å². The summed E-state index contributed by atoms with van der Waals surface area (Å²) in [5.74, 6) is 0.136. The van der Waals surface area contributed by atoms with Gasteiger partial charge in [-0.05, 0) is 48.1 Å². The number of pyridine rings is 1. The number of para-hydroxylation sites is 1. The highest BCUT2D eigenvalue weighted by molar-refractivity contribution is 7.13. The summed E-state index contributed by atoms with van der Waals surface area (Å²) in [6.07, 6.45) is 6.77. The molecule has 0 N–H and O–H groups in total. The van der Waals surface area contributed by atoms with Crippen molar-refractivity contribution in [2.24, 2.45) is 0 Å². The number of rotatable bonds is 3. The molecule has 2 aromatic carbocycles. The van der Waals surface area contributed by atoms with E-state index in [2.05, 4.69) is 46.3 Å². The number of fused-ring (bicyclic) bond motifs is 2. The fourth-order valence-corrected chi connectivity index (χ4v) is 5.81. The molecule has 1 amide bonds. The third-order valence-corrected chi connectivity index (χ3v) is 7.60. The largest absolute Gasteiger partial charge is 0.346 e. The lowest BCUT2D eigenvalue weighted by molar-refractivity contribution is 0.0768. The van der Waals surface area contributed by atoms with E-state index in [1.165, 1.54) is 11.1 Å². The summed E-state index contributed by atoms with van der Waals surface area (Å²) in [7, 11) is 0. The van der Waals surface area contributed by atoms with Crippen molar-refractivity contribution >= 4 is 44.9 Å². The van der Waals surface area contributed by atoms with E-state index in [-0.39, 0.29) is 5.91 Å². The monoisotopic (exact) mass is 466 g/mol. The number of aromatic nitrogens is 2. The molecule has 0 spiro atoms. The summed E-state index contributed by atoms with van der Waals surface area (Å²) >= 11 is 1.66. The van der Waals surface area contributed by atoms with Gasteiger partial charge >= 0.3 is 0 Å². The van der Waals surface area contributed by atoms with E-state index in [0.717, 1.165) is 71.8 Å². The third-order valence-electron chi connectivity index (χ3n) is 6.77. The van der Waals surface area contributed by atoms with Gasteiger partial charge in [0, 0.05) is 43.1 Å². The summed E-state index contributed by atoms with van der Waals surface area (Å²) < 4.78 is 0. The molecular weight excluding hydrogens is 440 g/mol. The Morgan fingerprint density at radius 1 is 0.941 bits per heavy atom. The Kier molecular flexibility index (Phi) is 5.59. The summed E-state index contributed by atoms with van der Waals surface area (Å²) in [6, 6.07) is 18.5. The number of carbonyl (C=O) groups excluding carboxylic acids is 1. The molecule has 4 aromatic rings. The van der Waals surface area contributed by atoms with E-state index < -0.39 is 0 Å². The highest BCUT2D eigenvalue weighted by atomic mass is 32.1. The molecule has 1 fully saturated rings. The zero-order valence-corrected chi connectivity index (χ0v) is 19.8. The maximum absolute atomic E-state index is 14.0. The maximum atomic E-state index is 14.0. The van der Waals surface area contributed by atoms with Gasteiger partial charge in [0.2, 0.25) is 0 Å². The van der Waals surface area contributed by atoms with Crippen LogP contribution < -0.4 is 4.90 Å². The highest BCUT2D eigenvalue weighted by Gasteiger charge is 2.30. The standard InChI is InChI=1S/C28H26N4OS/c33-27(31-14-6-15-32(17-16-31)28-29-13-18-34-28)25-22-9-4-5-10-24(22)30-26-21(11-12-23(25)26)19-20-7-2-1-3-8-20/h1-5,7-10,13,18-19H,6,11-12,14-17H2/b21-19-.